The Morgan fingerprint density at radius 1 is 1.18 bits per heavy atom. The minimum absolute atomic E-state index is 0.449. The highest BCUT2D eigenvalue weighted by Gasteiger charge is 2.46. The normalized spacial score (nSPS) is 49.8. The largest absolute Gasteiger partial charge is 0.299 e. The summed E-state index contributed by atoms with van der Waals surface area (Å²) in [5.74, 6) is 3.10. The minimum atomic E-state index is 0.449. The third-order valence-electron chi connectivity index (χ3n) is 3.66. The van der Waals surface area contributed by atoms with Crippen molar-refractivity contribution in [1.82, 2.24) is 0 Å². The molecule has 0 bridgehead atoms. The summed E-state index contributed by atoms with van der Waals surface area (Å²) in [4.78, 5) is 11.5. The monoisotopic (exact) mass is 152 g/mol. The van der Waals surface area contributed by atoms with Crippen molar-refractivity contribution in [1.29, 1.82) is 0 Å². The summed E-state index contributed by atoms with van der Waals surface area (Å²) in [5, 5.41) is 0. The lowest BCUT2D eigenvalue weighted by molar-refractivity contribution is -0.121. The van der Waals surface area contributed by atoms with E-state index in [2.05, 4.69) is 13.8 Å². The number of carbonyl (C=O) groups excluding carboxylic acids is 1. The van der Waals surface area contributed by atoms with Crippen LogP contribution in [0.15, 0.2) is 0 Å². The molecule has 2 aliphatic carbocycles. The van der Waals surface area contributed by atoms with Gasteiger partial charge in [0, 0.05) is 12.3 Å². The maximum atomic E-state index is 11.5. The molecular formula is C10H16O. The minimum Gasteiger partial charge on any atom is -0.299 e. The van der Waals surface area contributed by atoms with Gasteiger partial charge in [-0.25, -0.2) is 0 Å². The van der Waals surface area contributed by atoms with E-state index in [9.17, 15) is 4.79 Å². The number of ketones is 1. The average molecular weight is 152 g/mol. The highest BCUT2D eigenvalue weighted by molar-refractivity contribution is 5.84. The number of Topliss-reactive ketones (excluding diaryl/α,β-unsaturated/α-hetero) is 1. The van der Waals surface area contributed by atoms with Crippen LogP contribution in [0, 0.1) is 23.7 Å². The first-order chi connectivity index (χ1) is 5.20. The lowest BCUT2D eigenvalue weighted by Crippen LogP contribution is -2.15. The van der Waals surface area contributed by atoms with Crippen LogP contribution in [0.4, 0.5) is 0 Å². The van der Waals surface area contributed by atoms with E-state index < -0.39 is 0 Å². The van der Waals surface area contributed by atoms with Crippen LogP contribution in [0.1, 0.15) is 33.1 Å². The first-order valence-electron chi connectivity index (χ1n) is 4.73. The van der Waals surface area contributed by atoms with Crippen molar-refractivity contribution in [3.8, 4) is 0 Å². The first kappa shape index (κ1) is 7.33. The van der Waals surface area contributed by atoms with Crippen molar-refractivity contribution in [2.75, 3.05) is 0 Å². The Morgan fingerprint density at radius 3 is 2.55 bits per heavy atom. The molecule has 62 valence electrons. The summed E-state index contributed by atoms with van der Waals surface area (Å²) in [5.41, 5.74) is 0. The van der Waals surface area contributed by atoms with E-state index in [0.29, 0.717) is 23.5 Å². The Bertz CT molecular complexity index is 185. The lowest BCUT2D eigenvalue weighted by atomic mass is 9.90. The fourth-order valence-electron chi connectivity index (χ4n) is 3.04. The molecule has 0 radical (unpaired) electrons. The molecule has 0 aliphatic heterocycles. The zero-order valence-electron chi connectivity index (χ0n) is 7.34. The second kappa shape index (κ2) is 2.33. The Hall–Kier alpha value is -0.330. The Morgan fingerprint density at radius 2 is 1.91 bits per heavy atom. The number of rotatable bonds is 0. The molecule has 0 aromatic carbocycles. The van der Waals surface area contributed by atoms with Crippen molar-refractivity contribution in [3.05, 3.63) is 0 Å². The molecule has 2 fully saturated rings. The van der Waals surface area contributed by atoms with Gasteiger partial charge in [0.25, 0.3) is 0 Å². The standard InChI is InChI=1S/C10H16O/c1-6-3-4-8-7(2)5-9(11)10(6)8/h6-8,10H,3-5H2,1-2H3/t6-,7-,8-,10-/m1/s1. The molecule has 0 aromatic rings. The van der Waals surface area contributed by atoms with E-state index in [0.717, 1.165) is 12.3 Å². The molecule has 0 spiro atoms. The lowest BCUT2D eigenvalue weighted by Gasteiger charge is -2.13. The van der Waals surface area contributed by atoms with E-state index in [4.69, 9.17) is 0 Å². The third kappa shape index (κ3) is 0.935. The van der Waals surface area contributed by atoms with Gasteiger partial charge in [-0.3, -0.25) is 4.79 Å². The zero-order chi connectivity index (χ0) is 8.01. The molecule has 0 N–H and O–H groups in total. The van der Waals surface area contributed by atoms with Crippen LogP contribution in [-0.2, 0) is 4.79 Å². The predicted octanol–water partition coefficient (Wildman–Crippen LogP) is 2.26. The molecule has 0 heterocycles. The summed E-state index contributed by atoms with van der Waals surface area (Å²) < 4.78 is 0. The van der Waals surface area contributed by atoms with Gasteiger partial charge in [-0.15, -0.1) is 0 Å². The molecule has 11 heavy (non-hydrogen) atoms. The van der Waals surface area contributed by atoms with Gasteiger partial charge in [0.15, 0.2) is 0 Å². The molecule has 0 aromatic heterocycles. The summed E-state index contributed by atoms with van der Waals surface area (Å²) in [7, 11) is 0. The average Bonchev–Trinajstić information content (AvgIpc) is 2.41. The van der Waals surface area contributed by atoms with Crippen molar-refractivity contribution in [2.24, 2.45) is 23.7 Å². The van der Waals surface area contributed by atoms with Gasteiger partial charge in [0.05, 0.1) is 0 Å². The van der Waals surface area contributed by atoms with Crippen LogP contribution in [0.25, 0.3) is 0 Å². The predicted molar refractivity (Wildman–Crippen MR) is 44.2 cm³/mol. The van der Waals surface area contributed by atoms with Crippen LogP contribution in [0.5, 0.6) is 0 Å². The van der Waals surface area contributed by atoms with E-state index in [-0.39, 0.29) is 0 Å². The summed E-state index contributed by atoms with van der Waals surface area (Å²) in [6.07, 6.45) is 3.45. The summed E-state index contributed by atoms with van der Waals surface area (Å²) >= 11 is 0. The van der Waals surface area contributed by atoms with Gasteiger partial charge in [0.1, 0.15) is 5.78 Å². The number of fused-ring (bicyclic) bond motifs is 1. The zero-order valence-corrected chi connectivity index (χ0v) is 7.34. The molecule has 1 nitrogen and oxygen atoms in total. The van der Waals surface area contributed by atoms with Crippen LogP contribution in [-0.4, -0.2) is 5.78 Å². The van der Waals surface area contributed by atoms with Gasteiger partial charge >= 0.3 is 0 Å². The van der Waals surface area contributed by atoms with Gasteiger partial charge in [-0.2, -0.15) is 0 Å². The molecule has 1 heteroatoms. The Balaban J connectivity index is 2.22. The van der Waals surface area contributed by atoms with Crippen molar-refractivity contribution in [2.45, 2.75) is 33.1 Å². The van der Waals surface area contributed by atoms with Gasteiger partial charge < -0.3 is 0 Å². The third-order valence-corrected chi connectivity index (χ3v) is 3.66. The van der Waals surface area contributed by atoms with Crippen molar-refractivity contribution >= 4 is 5.78 Å². The molecule has 2 saturated carbocycles. The smallest absolute Gasteiger partial charge is 0.136 e. The quantitative estimate of drug-likeness (QED) is 0.520. The first-order valence-corrected chi connectivity index (χ1v) is 4.73. The Kier molecular flexibility index (Phi) is 1.55. The van der Waals surface area contributed by atoms with Gasteiger partial charge in [-0.05, 0) is 30.6 Å². The van der Waals surface area contributed by atoms with Crippen LogP contribution in [0.3, 0.4) is 0 Å². The molecule has 4 atom stereocenters. The molecule has 2 rings (SSSR count). The van der Waals surface area contributed by atoms with E-state index in [1.165, 1.54) is 12.8 Å². The Labute approximate surface area is 68.2 Å². The maximum absolute atomic E-state index is 11.5. The van der Waals surface area contributed by atoms with Crippen LogP contribution in [0.2, 0.25) is 0 Å². The molecule has 0 saturated heterocycles. The van der Waals surface area contributed by atoms with E-state index >= 15 is 0 Å². The topological polar surface area (TPSA) is 17.1 Å². The summed E-state index contributed by atoms with van der Waals surface area (Å²) in [6, 6.07) is 0. The van der Waals surface area contributed by atoms with Gasteiger partial charge in [0.2, 0.25) is 0 Å². The number of hydrogen-bond acceptors (Lipinski definition) is 1. The van der Waals surface area contributed by atoms with Crippen LogP contribution < -0.4 is 0 Å². The van der Waals surface area contributed by atoms with Crippen molar-refractivity contribution < 1.29 is 4.79 Å². The highest BCUT2D eigenvalue weighted by Crippen LogP contribution is 2.48. The second-order valence-electron chi connectivity index (χ2n) is 4.39. The van der Waals surface area contributed by atoms with E-state index in [1.807, 2.05) is 0 Å². The number of carbonyl (C=O) groups is 1. The van der Waals surface area contributed by atoms with Gasteiger partial charge in [-0.1, -0.05) is 13.8 Å². The highest BCUT2D eigenvalue weighted by atomic mass is 16.1. The summed E-state index contributed by atoms with van der Waals surface area (Å²) in [6.45, 7) is 4.47. The SMILES string of the molecule is C[C@@H]1CC(=O)[C@H]2[C@@H]1CC[C@H]2C. The van der Waals surface area contributed by atoms with E-state index in [1.54, 1.807) is 0 Å². The number of hydrogen-bond donors (Lipinski definition) is 0. The van der Waals surface area contributed by atoms with Crippen LogP contribution >= 0.6 is 0 Å². The maximum Gasteiger partial charge on any atom is 0.136 e. The molecule has 2 aliphatic rings. The second-order valence-corrected chi connectivity index (χ2v) is 4.39. The molecule has 0 unspecified atom stereocenters. The van der Waals surface area contributed by atoms with Crippen molar-refractivity contribution in [3.63, 3.8) is 0 Å². The fraction of sp³-hybridized carbons (Fsp3) is 0.900. The molecular weight excluding hydrogens is 136 g/mol. The molecule has 0 amide bonds. The fourth-order valence-corrected chi connectivity index (χ4v) is 3.04.